The largest absolute Gasteiger partial charge is 0.468 e. The van der Waals surface area contributed by atoms with Gasteiger partial charge >= 0.3 is 0 Å². The number of likely N-dealkylation sites (tertiary alicyclic amines) is 1. The molecular formula is C17H28N2O2S. The predicted octanol–water partition coefficient (Wildman–Crippen LogP) is 3.45. The Morgan fingerprint density at radius 2 is 2.09 bits per heavy atom. The fourth-order valence-corrected chi connectivity index (χ4v) is 3.33. The van der Waals surface area contributed by atoms with E-state index < -0.39 is 0 Å². The van der Waals surface area contributed by atoms with Gasteiger partial charge in [0.15, 0.2) is 0 Å². The molecular weight excluding hydrogens is 296 g/mol. The van der Waals surface area contributed by atoms with Crippen LogP contribution < -0.4 is 5.32 Å². The number of hydrogen-bond donors (Lipinski definition) is 1. The van der Waals surface area contributed by atoms with Gasteiger partial charge in [-0.05, 0) is 38.1 Å². The van der Waals surface area contributed by atoms with E-state index in [-0.39, 0.29) is 16.7 Å². The van der Waals surface area contributed by atoms with E-state index in [4.69, 9.17) is 4.42 Å². The van der Waals surface area contributed by atoms with Gasteiger partial charge in [-0.1, -0.05) is 27.2 Å². The molecule has 1 fully saturated rings. The van der Waals surface area contributed by atoms with Crippen LogP contribution in [0.4, 0.5) is 0 Å². The highest BCUT2D eigenvalue weighted by Crippen LogP contribution is 2.25. The highest BCUT2D eigenvalue weighted by atomic mass is 32.2. The Kier molecular flexibility index (Phi) is 6.38. The van der Waals surface area contributed by atoms with E-state index in [9.17, 15) is 4.79 Å². The third-order valence-corrected chi connectivity index (χ3v) is 5.10. The molecule has 2 rings (SSSR count). The fraction of sp³-hybridized carbons (Fsp3) is 0.706. The molecule has 1 unspecified atom stereocenters. The second-order valence-electron chi connectivity index (χ2n) is 6.83. The van der Waals surface area contributed by atoms with Crippen molar-refractivity contribution in [3.05, 3.63) is 24.2 Å². The van der Waals surface area contributed by atoms with Crippen LogP contribution in [-0.2, 0) is 4.79 Å². The minimum atomic E-state index is 0.105. The Morgan fingerprint density at radius 3 is 2.68 bits per heavy atom. The maximum atomic E-state index is 12.1. The number of hydrogen-bond acceptors (Lipinski definition) is 4. The second kappa shape index (κ2) is 8.06. The summed E-state index contributed by atoms with van der Waals surface area (Å²) < 4.78 is 5.71. The van der Waals surface area contributed by atoms with E-state index in [2.05, 4.69) is 31.0 Å². The highest BCUT2D eigenvalue weighted by molar-refractivity contribution is 8.01. The molecule has 1 aliphatic rings. The number of nitrogens with zero attached hydrogens (tertiary/aromatic N) is 1. The lowest BCUT2D eigenvalue weighted by Gasteiger charge is -2.33. The van der Waals surface area contributed by atoms with Gasteiger partial charge in [-0.25, -0.2) is 0 Å². The van der Waals surface area contributed by atoms with E-state index in [1.807, 2.05) is 12.1 Å². The van der Waals surface area contributed by atoms with Crippen LogP contribution in [0.2, 0.25) is 0 Å². The van der Waals surface area contributed by atoms with Crippen LogP contribution in [0.25, 0.3) is 0 Å². The summed E-state index contributed by atoms with van der Waals surface area (Å²) in [5.41, 5.74) is 0. The first kappa shape index (κ1) is 17.4. The molecule has 1 aromatic rings. The average Bonchev–Trinajstić information content (AvgIpc) is 3.00. The van der Waals surface area contributed by atoms with Crippen LogP contribution >= 0.6 is 11.8 Å². The minimum Gasteiger partial charge on any atom is -0.468 e. The van der Waals surface area contributed by atoms with E-state index >= 15 is 0 Å². The minimum absolute atomic E-state index is 0.105. The number of furan rings is 1. The van der Waals surface area contributed by atoms with E-state index in [1.54, 1.807) is 18.0 Å². The summed E-state index contributed by atoms with van der Waals surface area (Å²) in [4.78, 5) is 14.5. The van der Waals surface area contributed by atoms with Crippen LogP contribution in [0.15, 0.2) is 22.8 Å². The quantitative estimate of drug-likeness (QED) is 0.870. The van der Waals surface area contributed by atoms with Crippen molar-refractivity contribution >= 4 is 17.7 Å². The molecule has 0 bridgehead atoms. The van der Waals surface area contributed by atoms with Crippen LogP contribution in [-0.4, -0.2) is 40.9 Å². The molecule has 124 valence electrons. The Balaban J connectivity index is 1.88. The number of carbonyl (C=O) groups excluding carboxylic acids is 1. The number of amides is 1. The van der Waals surface area contributed by atoms with Gasteiger partial charge in [-0.15, -0.1) is 11.8 Å². The molecule has 0 saturated carbocycles. The molecule has 4 nitrogen and oxygen atoms in total. The number of thioether (sulfide) groups is 1. The average molecular weight is 324 g/mol. The molecule has 1 aromatic heterocycles. The summed E-state index contributed by atoms with van der Waals surface area (Å²) in [6, 6.07) is 4.08. The predicted molar refractivity (Wildman–Crippen MR) is 92.1 cm³/mol. The van der Waals surface area contributed by atoms with Crippen LogP contribution in [0.1, 0.15) is 51.8 Å². The van der Waals surface area contributed by atoms with Gasteiger partial charge in [0, 0.05) is 11.3 Å². The Morgan fingerprint density at radius 1 is 1.36 bits per heavy atom. The Hall–Kier alpha value is -0.940. The van der Waals surface area contributed by atoms with E-state index in [0.717, 1.165) is 18.8 Å². The van der Waals surface area contributed by atoms with Gasteiger partial charge in [-0.3, -0.25) is 9.69 Å². The summed E-state index contributed by atoms with van der Waals surface area (Å²) in [6.07, 6.45) is 5.47. The van der Waals surface area contributed by atoms with Crippen LogP contribution in [0.3, 0.4) is 0 Å². The van der Waals surface area contributed by atoms with E-state index in [1.165, 1.54) is 19.3 Å². The fourth-order valence-electron chi connectivity index (χ4n) is 2.66. The van der Waals surface area contributed by atoms with Crippen molar-refractivity contribution in [2.24, 2.45) is 0 Å². The molecule has 1 amide bonds. The summed E-state index contributed by atoms with van der Waals surface area (Å²) in [5, 5.41) is 3.08. The van der Waals surface area contributed by atoms with Crippen molar-refractivity contribution in [3.63, 3.8) is 0 Å². The van der Waals surface area contributed by atoms with Crippen molar-refractivity contribution in [3.8, 4) is 0 Å². The maximum absolute atomic E-state index is 12.1. The Bertz CT molecular complexity index is 448. The molecule has 22 heavy (non-hydrogen) atoms. The first-order valence-corrected chi connectivity index (χ1v) is 9.12. The molecule has 2 heterocycles. The maximum Gasteiger partial charge on any atom is 0.230 e. The third-order valence-electron chi connectivity index (χ3n) is 3.83. The van der Waals surface area contributed by atoms with Crippen molar-refractivity contribution < 1.29 is 9.21 Å². The highest BCUT2D eigenvalue weighted by Gasteiger charge is 2.25. The van der Waals surface area contributed by atoms with Gasteiger partial charge in [-0.2, -0.15) is 0 Å². The van der Waals surface area contributed by atoms with Gasteiger partial charge in [0.25, 0.3) is 0 Å². The first-order chi connectivity index (χ1) is 10.5. The summed E-state index contributed by atoms with van der Waals surface area (Å²) in [7, 11) is 0. The van der Waals surface area contributed by atoms with Crippen LogP contribution in [0, 0.1) is 0 Å². The van der Waals surface area contributed by atoms with Gasteiger partial charge in [0.2, 0.25) is 5.91 Å². The van der Waals surface area contributed by atoms with Crippen LogP contribution in [0.5, 0.6) is 0 Å². The van der Waals surface area contributed by atoms with Crippen molar-refractivity contribution in [2.75, 3.05) is 25.4 Å². The molecule has 0 aromatic carbocycles. The number of nitrogens with one attached hydrogen (secondary N) is 1. The molecule has 1 N–H and O–H groups in total. The SMILES string of the molecule is CC(C)(C)SCC(=O)NCC(c1ccco1)N1CCCCC1. The molecule has 0 spiro atoms. The zero-order valence-electron chi connectivity index (χ0n) is 13.9. The lowest BCUT2D eigenvalue weighted by Crippen LogP contribution is -2.41. The van der Waals surface area contributed by atoms with Gasteiger partial charge in [0.05, 0.1) is 18.1 Å². The lowest BCUT2D eigenvalue weighted by atomic mass is 10.1. The third kappa shape index (κ3) is 5.69. The molecule has 1 saturated heterocycles. The molecule has 1 atom stereocenters. The Labute approximate surface area is 138 Å². The van der Waals surface area contributed by atoms with E-state index in [0.29, 0.717) is 12.3 Å². The first-order valence-electron chi connectivity index (χ1n) is 8.14. The van der Waals surface area contributed by atoms with Gasteiger partial charge < -0.3 is 9.73 Å². The molecule has 0 radical (unpaired) electrons. The van der Waals surface area contributed by atoms with Crippen molar-refractivity contribution in [1.29, 1.82) is 0 Å². The number of rotatable bonds is 6. The normalized spacial score (nSPS) is 18.1. The molecule has 5 heteroatoms. The molecule has 0 aliphatic carbocycles. The smallest absolute Gasteiger partial charge is 0.230 e. The number of carbonyl (C=O) groups is 1. The lowest BCUT2D eigenvalue weighted by molar-refractivity contribution is -0.118. The number of piperidine rings is 1. The van der Waals surface area contributed by atoms with Crippen molar-refractivity contribution in [1.82, 2.24) is 10.2 Å². The standard InChI is InChI=1S/C17H28N2O2S/c1-17(2,3)22-13-16(20)18-12-14(15-8-7-11-21-15)19-9-5-4-6-10-19/h7-8,11,14H,4-6,9-10,12-13H2,1-3H3,(H,18,20). The zero-order valence-corrected chi connectivity index (χ0v) is 14.7. The second-order valence-corrected chi connectivity index (χ2v) is 8.64. The summed E-state index contributed by atoms with van der Waals surface area (Å²) in [5.74, 6) is 1.56. The summed E-state index contributed by atoms with van der Waals surface area (Å²) in [6.45, 7) is 9.17. The monoisotopic (exact) mass is 324 g/mol. The molecule has 1 aliphatic heterocycles. The topological polar surface area (TPSA) is 45.5 Å². The van der Waals surface area contributed by atoms with Crippen molar-refractivity contribution in [2.45, 2.75) is 50.8 Å². The summed E-state index contributed by atoms with van der Waals surface area (Å²) >= 11 is 1.68. The van der Waals surface area contributed by atoms with Gasteiger partial charge in [0.1, 0.15) is 5.76 Å². The zero-order chi connectivity index (χ0) is 16.0.